The van der Waals surface area contributed by atoms with Gasteiger partial charge in [-0.3, -0.25) is 9.59 Å². The van der Waals surface area contributed by atoms with Gasteiger partial charge in [0.2, 0.25) is 5.91 Å². The zero-order chi connectivity index (χ0) is 26.9. The molecule has 2 heterocycles. The third kappa shape index (κ3) is 6.63. The van der Waals surface area contributed by atoms with E-state index in [0.717, 1.165) is 35.8 Å². The lowest BCUT2D eigenvalue weighted by atomic mass is 10.1. The van der Waals surface area contributed by atoms with Gasteiger partial charge < -0.3 is 24.2 Å². The summed E-state index contributed by atoms with van der Waals surface area (Å²) in [5.74, 6) is 0.191. The molecule has 10 heteroatoms. The quantitative estimate of drug-likeness (QED) is 0.428. The lowest BCUT2D eigenvalue weighted by molar-refractivity contribution is -0.131. The summed E-state index contributed by atoms with van der Waals surface area (Å²) in [7, 11) is 3.14. The minimum Gasteiger partial charge on any atom is -0.497 e. The summed E-state index contributed by atoms with van der Waals surface area (Å²) >= 11 is 0. The van der Waals surface area contributed by atoms with Crippen molar-refractivity contribution >= 4 is 17.6 Å². The Balaban J connectivity index is 1.37. The largest absolute Gasteiger partial charge is 0.497 e. The van der Waals surface area contributed by atoms with Gasteiger partial charge in [0, 0.05) is 45.4 Å². The maximum absolute atomic E-state index is 14.2. The fourth-order valence-electron chi connectivity index (χ4n) is 4.33. The van der Waals surface area contributed by atoms with E-state index in [9.17, 15) is 14.0 Å². The Morgan fingerprint density at radius 2 is 1.74 bits per heavy atom. The molecule has 2 amide bonds. The van der Waals surface area contributed by atoms with Crippen molar-refractivity contribution < 1.29 is 23.5 Å². The molecule has 1 aromatic heterocycles. The average Bonchev–Trinajstić information content (AvgIpc) is 3.22. The lowest BCUT2D eigenvalue weighted by Crippen LogP contribution is -2.45. The monoisotopic (exact) mass is 521 g/mol. The normalized spacial score (nSPS) is 13.7. The fourth-order valence-corrected chi connectivity index (χ4v) is 4.33. The molecule has 0 aliphatic carbocycles. The third-order valence-electron chi connectivity index (χ3n) is 6.49. The number of amides is 2. The van der Waals surface area contributed by atoms with Crippen molar-refractivity contribution in [2.45, 2.75) is 6.42 Å². The van der Waals surface area contributed by atoms with Crippen molar-refractivity contribution in [3.63, 3.8) is 0 Å². The summed E-state index contributed by atoms with van der Waals surface area (Å²) in [5, 5.41) is 8.81. The first-order valence-electron chi connectivity index (χ1n) is 12.5. The Morgan fingerprint density at radius 1 is 0.947 bits per heavy atom. The Bertz CT molecular complexity index is 1220. The molecule has 0 unspecified atom stereocenters. The summed E-state index contributed by atoms with van der Waals surface area (Å²) in [6.45, 7) is 2.62. The number of hydrogen-bond acceptors (Lipinski definition) is 7. The molecule has 0 atom stereocenters. The molecule has 3 aromatic rings. The minimum absolute atomic E-state index is 0.0601. The SMILES string of the molecule is COCCN(CC(=O)N1CCCN(c2ccc(-c3ccc(OC)cc3)nn2)CC1)C(=O)c1ccccc1F. The van der Waals surface area contributed by atoms with Crippen LogP contribution < -0.4 is 9.64 Å². The van der Waals surface area contributed by atoms with Gasteiger partial charge in [0.25, 0.3) is 5.91 Å². The highest BCUT2D eigenvalue weighted by Gasteiger charge is 2.25. The van der Waals surface area contributed by atoms with Gasteiger partial charge in [-0.15, -0.1) is 10.2 Å². The van der Waals surface area contributed by atoms with Crippen LogP contribution in [0.2, 0.25) is 0 Å². The molecule has 1 saturated heterocycles. The molecule has 0 bridgehead atoms. The molecule has 1 fully saturated rings. The van der Waals surface area contributed by atoms with Crippen molar-refractivity contribution in [1.82, 2.24) is 20.0 Å². The van der Waals surface area contributed by atoms with Crippen LogP contribution in [-0.2, 0) is 9.53 Å². The van der Waals surface area contributed by atoms with Crippen LogP contribution in [0, 0.1) is 5.82 Å². The van der Waals surface area contributed by atoms with Crippen LogP contribution in [0.25, 0.3) is 11.3 Å². The average molecular weight is 522 g/mol. The predicted molar refractivity (Wildman–Crippen MR) is 142 cm³/mol. The van der Waals surface area contributed by atoms with Gasteiger partial charge in [0.15, 0.2) is 5.82 Å². The van der Waals surface area contributed by atoms with Crippen molar-refractivity contribution in [3.05, 3.63) is 72.0 Å². The number of anilines is 1. The van der Waals surface area contributed by atoms with E-state index in [1.165, 1.54) is 30.2 Å². The fraction of sp³-hybridized carbons (Fsp3) is 0.357. The van der Waals surface area contributed by atoms with E-state index in [2.05, 4.69) is 15.1 Å². The molecule has 1 aliphatic rings. The second-order valence-corrected chi connectivity index (χ2v) is 8.93. The molecule has 0 spiro atoms. The van der Waals surface area contributed by atoms with Gasteiger partial charge >= 0.3 is 0 Å². The molecule has 1 aliphatic heterocycles. The number of halogens is 1. The van der Waals surface area contributed by atoms with Crippen LogP contribution in [0.3, 0.4) is 0 Å². The van der Waals surface area contributed by atoms with Gasteiger partial charge in [-0.05, 0) is 55.0 Å². The van der Waals surface area contributed by atoms with E-state index in [0.29, 0.717) is 19.6 Å². The highest BCUT2D eigenvalue weighted by molar-refractivity contribution is 5.96. The standard InChI is InChI=1S/C28H32FN5O4/c1-37-19-18-34(28(36)23-6-3-4-7-24(23)29)20-27(35)33-15-5-14-32(16-17-33)26-13-12-25(30-31-26)21-8-10-22(38-2)11-9-21/h3-4,6-13H,5,14-20H2,1-2H3. The number of aromatic nitrogens is 2. The second kappa shape index (κ2) is 13.0. The molecular formula is C28H32FN5O4. The number of hydrogen-bond donors (Lipinski definition) is 0. The third-order valence-corrected chi connectivity index (χ3v) is 6.49. The molecule has 4 rings (SSSR count). The van der Waals surface area contributed by atoms with Crippen LogP contribution >= 0.6 is 0 Å². The van der Waals surface area contributed by atoms with Crippen molar-refractivity contribution in [2.24, 2.45) is 0 Å². The lowest BCUT2D eigenvalue weighted by Gasteiger charge is -2.27. The number of ether oxygens (including phenoxy) is 2. The Kier molecular flexibility index (Phi) is 9.21. The summed E-state index contributed by atoms with van der Waals surface area (Å²) in [5.41, 5.74) is 1.65. The molecule has 2 aromatic carbocycles. The van der Waals surface area contributed by atoms with Gasteiger partial charge in [-0.25, -0.2) is 4.39 Å². The summed E-state index contributed by atoms with van der Waals surface area (Å²) in [6, 6.07) is 17.3. The molecule has 0 N–H and O–H groups in total. The molecule has 200 valence electrons. The zero-order valence-electron chi connectivity index (χ0n) is 21.7. The molecule has 38 heavy (non-hydrogen) atoms. The van der Waals surface area contributed by atoms with Crippen LogP contribution in [0.4, 0.5) is 10.2 Å². The first-order valence-corrected chi connectivity index (χ1v) is 12.5. The van der Waals surface area contributed by atoms with Crippen LogP contribution in [0.5, 0.6) is 5.75 Å². The number of methoxy groups -OCH3 is 2. The van der Waals surface area contributed by atoms with E-state index < -0.39 is 11.7 Å². The van der Waals surface area contributed by atoms with Crippen LogP contribution in [-0.4, -0.2) is 91.9 Å². The Labute approximate surface area is 221 Å². The van der Waals surface area contributed by atoms with E-state index in [-0.39, 0.29) is 31.2 Å². The summed E-state index contributed by atoms with van der Waals surface area (Å²) in [4.78, 5) is 31.4. The number of benzene rings is 2. The van der Waals surface area contributed by atoms with Gasteiger partial charge in [0.05, 0.1) is 25.0 Å². The number of nitrogens with zero attached hydrogens (tertiary/aromatic N) is 5. The van der Waals surface area contributed by atoms with Gasteiger partial charge in [-0.2, -0.15) is 0 Å². The number of carbonyl (C=O) groups is 2. The molecule has 9 nitrogen and oxygen atoms in total. The highest BCUT2D eigenvalue weighted by atomic mass is 19.1. The van der Waals surface area contributed by atoms with Crippen molar-refractivity contribution in [1.29, 1.82) is 0 Å². The smallest absolute Gasteiger partial charge is 0.257 e. The highest BCUT2D eigenvalue weighted by Crippen LogP contribution is 2.22. The molecular weight excluding hydrogens is 489 g/mol. The minimum atomic E-state index is -0.614. The van der Waals surface area contributed by atoms with E-state index >= 15 is 0 Å². The maximum Gasteiger partial charge on any atom is 0.257 e. The topological polar surface area (TPSA) is 88.1 Å². The summed E-state index contributed by atoms with van der Waals surface area (Å²) < 4.78 is 24.5. The van der Waals surface area contributed by atoms with Crippen LogP contribution in [0.15, 0.2) is 60.7 Å². The summed E-state index contributed by atoms with van der Waals surface area (Å²) in [6.07, 6.45) is 0.743. The zero-order valence-corrected chi connectivity index (χ0v) is 21.7. The first-order chi connectivity index (χ1) is 18.5. The molecule has 0 radical (unpaired) electrons. The Hall–Kier alpha value is -4.05. The van der Waals surface area contributed by atoms with Crippen molar-refractivity contribution in [3.8, 4) is 17.0 Å². The van der Waals surface area contributed by atoms with E-state index in [1.807, 2.05) is 36.4 Å². The second-order valence-electron chi connectivity index (χ2n) is 8.93. The van der Waals surface area contributed by atoms with E-state index in [4.69, 9.17) is 9.47 Å². The van der Waals surface area contributed by atoms with E-state index in [1.54, 1.807) is 18.1 Å². The molecule has 0 saturated carbocycles. The Morgan fingerprint density at radius 3 is 2.42 bits per heavy atom. The van der Waals surface area contributed by atoms with Crippen LogP contribution in [0.1, 0.15) is 16.8 Å². The maximum atomic E-state index is 14.2. The predicted octanol–water partition coefficient (Wildman–Crippen LogP) is 3.12. The first kappa shape index (κ1) is 27.0. The number of carbonyl (C=O) groups excluding carboxylic acids is 2. The van der Waals surface area contributed by atoms with Gasteiger partial charge in [-0.1, -0.05) is 12.1 Å². The van der Waals surface area contributed by atoms with Gasteiger partial charge in [0.1, 0.15) is 18.1 Å². The number of rotatable bonds is 9. The van der Waals surface area contributed by atoms with Crippen molar-refractivity contribution in [2.75, 3.05) is 65.0 Å².